The number of rotatable bonds is 4. The van der Waals surface area contributed by atoms with Crippen LogP contribution in [0.15, 0.2) is 36.4 Å². The minimum atomic E-state index is -4.56. The van der Waals surface area contributed by atoms with Gasteiger partial charge in [0.25, 0.3) is 5.91 Å². The van der Waals surface area contributed by atoms with Gasteiger partial charge in [-0.1, -0.05) is 50.0 Å². The number of Topliss-reactive ketones (excluding diaryl/α,β-unsaturated/α-hetero) is 1. The Hall–Kier alpha value is -2.78. The van der Waals surface area contributed by atoms with Gasteiger partial charge in [0.15, 0.2) is 0 Å². The van der Waals surface area contributed by atoms with Crippen LogP contribution in [0.1, 0.15) is 37.5 Å². The average Bonchev–Trinajstić information content (AvgIpc) is 2.83. The zero-order valence-electron chi connectivity index (χ0n) is 21.8. The predicted octanol–water partition coefficient (Wildman–Crippen LogP) is 6.25. The number of amides is 3. The number of benzene rings is 2. The third kappa shape index (κ3) is 6.80. The van der Waals surface area contributed by atoms with Crippen molar-refractivity contribution in [3.63, 3.8) is 0 Å². The Morgan fingerprint density at radius 1 is 1.00 bits per heavy atom. The summed E-state index contributed by atoms with van der Waals surface area (Å²) in [5.74, 6) is -1.17. The van der Waals surface area contributed by atoms with Crippen LogP contribution in [0, 0.1) is 12.3 Å². The molecule has 0 radical (unpaired) electrons. The topological polar surface area (TPSA) is 60.9 Å². The van der Waals surface area contributed by atoms with Crippen LogP contribution < -0.4 is 4.90 Å². The highest BCUT2D eigenvalue weighted by molar-refractivity contribution is 6.42. The fourth-order valence-corrected chi connectivity index (χ4v) is 4.61. The molecule has 1 aliphatic rings. The van der Waals surface area contributed by atoms with Crippen molar-refractivity contribution >= 4 is 46.6 Å². The maximum atomic E-state index is 13.6. The molecule has 0 saturated carbocycles. The maximum Gasteiger partial charge on any atom is 0.416 e. The van der Waals surface area contributed by atoms with Gasteiger partial charge < -0.3 is 9.80 Å². The number of carbonyl (C=O) groups is 3. The van der Waals surface area contributed by atoms with E-state index in [1.54, 1.807) is 39.0 Å². The van der Waals surface area contributed by atoms with Gasteiger partial charge in [0.2, 0.25) is 5.78 Å². The van der Waals surface area contributed by atoms with Crippen LogP contribution in [0.25, 0.3) is 0 Å². The van der Waals surface area contributed by atoms with E-state index in [4.69, 9.17) is 23.2 Å². The van der Waals surface area contributed by atoms with E-state index in [0.717, 1.165) is 17.7 Å². The quantitative estimate of drug-likeness (QED) is 0.408. The van der Waals surface area contributed by atoms with E-state index < -0.39 is 40.9 Å². The Morgan fingerprint density at radius 2 is 1.66 bits per heavy atom. The molecule has 1 saturated heterocycles. The van der Waals surface area contributed by atoms with E-state index >= 15 is 0 Å². The molecule has 1 aliphatic heterocycles. The number of carbonyl (C=O) groups excluding carboxylic acids is 3. The summed E-state index contributed by atoms with van der Waals surface area (Å²) in [6.45, 7) is 6.78. The zero-order chi connectivity index (χ0) is 28.6. The fraction of sp³-hybridized carbons (Fsp3) is 0.444. The van der Waals surface area contributed by atoms with Crippen LogP contribution >= 0.6 is 23.2 Å². The summed E-state index contributed by atoms with van der Waals surface area (Å²) >= 11 is 12.2. The number of hydrogen-bond acceptors (Lipinski definition) is 3. The van der Waals surface area contributed by atoms with Gasteiger partial charge in [-0.3, -0.25) is 14.5 Å². The first-order valence-corrected chi connectivity index (χ1v) is 12.8. The second-order valence-corrected chi connectivity index (χ2v) is 11.3. The number of anilines is 1. The Kier molecular flexibility index (Phi) is 8.73. The van der Waals surface area contributed by atoms with E-state index in [1.165, 1.54) is 34.7 Å². The largest absolute Gasteiger partial charge is 0.416 e. The van der Waals surface area contributed by atoms with Gasteiger partial charge in [-0.15, -0.1) is 0 Å². The molecule has 0 spiro atoms. The number of ketones is 1. The van der Waals surface area contributed by atoms with Gasteiger partial charge in [-0.2, -0.15) is 13.2 Å². The number of alkyl halides is 3. The summed E-state index contributed by atoms with van der Waals surface area (Å²) in [7, 11) is 1.41. The standard InChI is InChI=1S/C27H30Cl2F3N3O3/c1-16-10-18(27(30,31)32)14-19(11-16)33(5)25(38)35-9-8-34(24(37)23(36)26(2,3)4)15-20(35)12-17-6-7-21(28)22(29)13-17/h6-7,10-11,13-14,20H,8-9,12,15H2,1-5H3/t20-/m1/s1. The van der Waals surface area contributed by atoms with Crippen molar-refractivity contribution in [3.05, 3.63) is 63.1 Å². The normalized spacial score (nSPS) is 16.4. The van der Waals surface area contributed by atoms with E-state index in [0.29, 0.717) is 15.6 Å². The lowest BCUT2D eigenvalue weighted by atomic mass is 9.89. The number of hydrogen-bond donors (Lipinski definition) is 0. The van der Waals surface area contributed by atoms with E-state index in [2.05, 4.69) is 0 Å². The lowest BCUT2D eigenvalue weighted by Crippen LogP contribution is -2.61. The molecule has 1 fully saturated rings. The van der Waals surface area contributed by atoms with Crippen molar-refractivity contribution in [3.8, 4) is 0 Å². The highest BCUT2D eigenvalue weighted by Gasteiger charge is 2.39. The van der Waals surface area contributed by atoms with Crippen LogP contribution in [0.3, 0.4) is 0 Å². The molecule has 0 aromatic heterocycles. The van der Waals surface area contributed by atoms with Gasteiger partial charge in [-0.05, 0) is 54.8 Å². The smallest absolute Gasteiger partial charge is 0.332 e. The fourth-order valence-electron chi connectivity index (χ4n) is 4.29. The monoisotopic (exact) mass is 571 g/mol. The molecule has 0 aliphatic carbocycles. The van der Waals surface area contributed by atoms with E-state index in [9.17, 15) is 27.6 Å². The molecule has 0 N–H and O–H groups in total. The highest BCUT2D eigenvalue weighted by Crippen LogP contribution is 2.33. The van der Waals surface area contributed by atoms with E-state index in [1.807, 2.05) is 0 Å². The van der Waals surface area contributed by atoms with Gasteiger partial charge in [-0.25, -0.2) is 4.79 Å². The number of aryl methyl sites for hydroxylation is 1. The first kappa shape index (κ1) is 29.8. The van der Waals surface area contributed by atoms with Crippen LogP contribution in [-0.2, 0) is 22.2 Å². The third-order valence-corrected chi connectivity index (χ3v) is 7.15. The van der Waals surface area contributed by atoms with Crippen molar-refractivity contribution < 1.29 is 27.6 Å². The molecule has 6 nitrogen and oxygen atoms in total. The average molecular weight is 572 g/mol. The Morgan fingerprint density at radius 3 is 2.24 bits per heavy atom. The first-order chi connectivity index (χ1) is 17.5. The van der Waals surface area contributed by atoms with Crippen LogP contribution in [0.5, 0.6) is 0 Å². The zero-order valence-corrected chi connectivity index (χ0v) is 23.3. The SMILES string of the molecule is Cc1cc(N(C)C(=O)N2CCN(C(=O)C(=O)C(C)(C)C)C[C@H]2Cc2ccc(Cl)c(Cl)c2)cc(C(F)(F)F)c1. The van der Waals surface area contributed by atoms with Gasteiger partial charge in [0.1, 0.15) is 0 Å². The number of urea groups is 1. The molecule has 3 rings (SSSR count). The van der Waals surface area contributed by atoms with Crippen LogP contribution in [0.2, 0.25) is 10.0 Å². The predicted molar refractivity (Wildman–Crippen MR) is 142 cm³/mol. The molecule has 11 heteroatoms. The van der Waals surface area contributed by atoms with Gasteiger partial charge >= 0.3 is 12.2 Å². The lowest BCUT2D eigenvalue weighted by Gasteiger charge is -2.43. The Balaban J connectivity index is 1.92. The Labute approximate surface area is 230 Å². The number of halogens is 5. The van der Waals surface area contributed by atoms with Gasteiger partial charge in [0.05, 0.1) is 21.7 Å². The molecule has 2 aromatic carbocycles. The molecular weight excluding hydrogens is 542 g/mol. The molecule has 1 heterocycles. The molecule has 2 aromatic rings. The minimum Gasteiger partial charge on any atom is -0.332 e. The van der Waals surface area contributed by atoms with Crippen molar-refractivity contribution in [2.75, 3.05) is 31.6 Å². The summed E-state index contributed by atoms with van der Waals surface area (Å²) in [5.41, 5.74) is -0.521. The van der Waals surface area contributed by atoms with E-state index in [-0.39, 0.29) is 31.7 Å². The second kappa shape index (κ2) is 11.1. The summed E-state index contributed by atoms with van der Waals surface area (Å²) in [6.07, 6.45) is -4.28. The lowest BCUT2D eigenvalue weighted by molar-refractivity contribution is -0.150. The number of piperazine rings is 1. The number of nitrogens with zero attached hydrogens (tertiary/aromatic N) is 3. The van der Waals surface area contributed by atoms with Crippen LogP contribution in [0.4, 0.5) is 23.7 Å². The highest BCUT2D eigenvalue weighted by atomic mass is 35.5. The van der Waals surface area contributed by atoms with Crippen LogP contribution in [-0.4, -0.2) is 60.2 Å². The first-order valence-electron chi connectivity index (χ1n) is 12.0. The summed E-state index contributed by atoms with van der Waals surface area (Å²) in [4.78, 5) is 43.3. The molecule has 0 bridgehead atoms. The third-order valence-electron chi connectivity index (χ3n) is 6.41. The molecule has 3 amide bonds. The molecule has 1 atom stereocenters. The summed E-state index contributed by atoms with van der Waals surface area (Å²) in [6, 6.07) is 7.39. The van der Waals surface area contributed by atoms with Crippen molar-refractivity contribution in [1.29, 1.82) is 0 Å². The molecule has 38 heavy (non-hydrogen) atoms. The molecular formula is C27H30Cl2F3N3O3. The summed E-state index contributed by atoms with van der Waals surface area (Å²) < 4.78 is 40.2. The van der Waals surface area contributed by atoms with Crippen molar-refractivity contribution in [2.24, 2.45) is 5.41 Å². The Bertz CT molecular complexity index is 1240. The molecule has 0 unspecified atom stereocenters. The van der Waals surface area contributed by atoms with Crippen molar-refractivity contribution in [2.45, 2.75) is 46.3 Å². The summed E-state index contributed by atoms with van der Waals surface area (Å²) in [5, 5.41) is 0.685. The second-order valence-electron chi connectivity index (χ2n) is 10.5. The maximum absolute atomic E-state index is 13.6. The molecule has 206 valence electrons. The minimum absolute atomic E-state index is 0.0715. The van der Waals surface area contributed by atoms with Crippen molar-refractivity contribution in [1.82, 2.24) is 9.80 Å². The van der Waals surface area contributed by atoms with Gasteiger partial charge in [0, 0.05) is 37.8 Å².